The molecule has 1 atom stereocenters. The number of nitrogens with zero attached hydrogens (tertiary/aromatic N) is 1. The van der Waals surface area contributed by atoms with Crippen LogP contribution in [-0.2, 0) is 14.8 Å². The lowest BCUT2D eigenvalue weighted by Crippen LogP contribution is -2.44. The van der Waals surface area contributed by atoms with Gasteiger partial charge in [-0.2, -0.15) is 0 Å². The summed E-state index contributed by atoms with van der Waals surface area (Å²) in [6.45, 7) is 2.20. The number of primary amides is 1. The van der Waals surface area contributed by atoms with E-state index in [0.29, 0.717) is 25.1 Å². The first-order valence-corrected chi connectivity index (χ1v) is 9.13. The van der Waals surface area contributed by atoms with Crippen LogP contribution in [0.1, 0.15) is 30.1 Å². The fraction of sp³-hybridized carbons (Fsp3) is 0.467. The van der Waals surface area contributed by atoms with E-state index in [0.717, 1.165) is 0 Å². The second kappa shape index (κ2) is 7.10. The number of nitrogens with one attached hydrogen (secondary N) is 1. The Hall–Kier alpha value is -1.93. The second-order valence-electron chi connectivity index (χ2n) is 5.50. The van der Waals surface area contributed by atoms with Gasteiger partial charge < -0.3 is 11.1 Å². The third kappa shape index (κ3) is 4.08. The first-order chi connectivity index (χ1) is 10.8. The van der Waals surface area contributed by atoms with Crippen molar-refractivity contribution in [1.29, 1.82) is 0 Å². The largest absolute Gasteiger partial charge is 0.366 e. The highest BCUT2D eigenvalue weighted by atomic mass is 32.2. The fourth-order valence-electron chi connectivity index (χ4n) is 2.63. The average molecular weight is 339 g/mol. The first kappa shape index (κ1) is 17.4. The van der Waals surface area contributed by atoms with E-state index >= 15 is 0 Å². The molecule has 1 aromatic carbocycles. The van der Waals surface area contributed by atoms with E-state index in [9.17, 15) is 18.0 Å². The van der Waals surface area contributed by atoms with Crippen LogP contribution in [0.15, 0.2) is 24.3 Å². The van der Waals surface area contributed by atoms with Gasteiger partial charge in [-0.3, -0.25) is 9.59 Å². The molecule has 0 aromatic heterocycles. The number of piperidine rings is 1. The zero-order valence-corrected chi connectivity index (χ0v) is 13.8. The highest BCUT2D eigenvalue weighted by Gasteiger charge is 2.31. The summed E-state index contributed by atoms with van der Waals surface area (Å²) < 4.78 is 25.3. The monoisotopic (exact) mass is 339 g/mol. The quantitative estimate of drug-likeness (QED) is 0.826. The Morgan fingerprint density at radius 3 is 2.70 bits per heavy atom. The van der Waals surface area contributed by atoms with Crippen LogP contribution in [0.5, 0.6) is 0 Å². The molecular weight excluding hydrogens is 318 g/mol. The molecule has 0 unspecified atom stereocenters. The predicted octanol–water partition coefficient (Wildman–Crippen LogP) is 0.786. The van der Waals surface area contributed by atoms with Crippen LogP contribution < -0.4 is 11.1 Å². The lowest BCUT2D eigenvalue weighted by molar-refractivity contribution is -0.120. The Balaban J connectivity index is 2.11. The van der Waals surface area contributed by atoms with Gasteiger partial charge in [0.25, 0.3) is 5.91 Å². The van der Waals surface area contributed by atoms with Crippen molar-refractivity contribution in [2.45, 2.75) is 19.8 Å². The number of hydrogen-bond donors (Lipinski definition) is 2. The number of benzene rings is 1. The molecule has 1 fully saturated rings. The molecule has 0 radical (unpaired) electrons. The van der Waals surface area contributed by atoms with Crippen molar-refractivity contribution in [3.8, 4) is 0 Å². The minimum absolute atomic E-state index is 0.0197. The van der Waals surface area contributed by atoms with E-state index in [1.54, 1.807) is 25.1 Å². The molecule has 7 nitrogen and oxygen atoms in total. The standard InChI is InChI=1S/C15H21N3O4S/c1-2-23(21,22)18-9-5-6-11(10-18)15(20)17-13-8-4-3-7-12(13)14(16)19/h3-4,7-8,11H,2,5-6,9-10H2,1H3,(H2,16,19)(H,17,20)/t11-/m0/s1. The molecular formula is C15H21N3O4S. The van der Waals surface area contributed by atoms with Crippen LogP contribution in [0.2, 0.25) is 0 Å². The molecule has 1 aromatic rings. The SMILES string of the molecule is CCS(=O)(=O)N1CCC[C@H](C(=O)Nc2ccccc2C(N)=O)C1. The van der Waals surface area contributed by atoms with Gasteiger partial charge >= 0.3 is 0 Å². The maximum atomic E-state index is 12.4. The highest BCUT2D eigenvalue weighted by molar-refractivity contribution is 7.89. The van der Waals surface area contributed by atoms with Crippen molar-refractivity contribution in [2.24, 2.45) is 11.7 Å². The average Bonchev–Trinajstić information content (AvgIpc) is 2.55. The number of para-hydroxylation sites is 1. The summed E-state index contributed by atoms with van der Waals surface area (Å²) in [5.74, 6) is -1.34. The molecule has 126 valence electrons. The number of anilines is 1. The molecule has 23 heavy (non-hydrogen) atoms. The van der Waals surface area contributed by atoms with Crippen molar-refractivity contribution in [3.05, 3.63) is 29.8 Å². The predicted molar refractivity (Wildman–Crippen MR) is 87.3 cm³/mol. The topological polar surface area (TPSA) is 110 Å². The third-order valence-electron chi connectivity index (χ3n) is 3.96. The number of carbonyl (C=O) groups is 2. The van der Waals surface area contributed by atoms with Crippen molar-refractivity contribution in [1.82, 2.24) is 4.31 Å². The first-order valence-electron chi connectivity index (χ1n) is 7.52. The number of hydrogen-bond acceptors (Lipinski definition) is 4. The summed E-state index contributed by atoms with van der Waals surface area (Å²) in [5.41, 5.74) is 5.87. The van der Waals surface area contributed by atoms with Crippen LogP contribution >= 0.6 is 0 Å². The molecule has 0 bridgehead atoms. The van der Waals surface area contributed by atoms with Crippen LogP contribution in [0.3, 0.4) is 0 Å². The Morgan fingerprint density at radius 2 is 2.04 bits per heavy atom. The third-order valence-corrected chi connectivity index (χ3v) is 5.81. The second-order valence-corrected chi connectivity index (χ2v) is 7.75. The number of carbonyl (C=O) groups excluding carboxylic acids is 2. The molecule has 2 amide bonds. The molecule has 0 aliphatic carbocycles. The van der Waals surface area contributed by atoms with Crippen LogP contribution in [0.4, 0.5) is 5.69 Å². The number of nitrogens with two attached hydrogens (primary N) is 1. The van der Waals surface area contributed by atoms with Gasteiger partial charge in [0.2, 0.25) is 15.9 Å². The Bertz CT molecular complexity index is 702. The molecule has 8 heteroatoms. The summed E-state index contributed by atoms with van der Waals surface area (Å²) in [6.07, 6.45) is 1.25. The molecule has 1 saturated heterocycles. The van der Waals surface area contributed by atoms with Gasteiger partial charge in [-0.05, 0) is 31.9 Å². The van der Waals surface area contributed by atoms with Gasteiger partial charge in [0.15, 0.2) is 0 Å². The molecule has 2 rings (SSSR count). The minimum Gasteiger partial charge on any atom is -0.366 e. The van der Waals surface area contributed by atoms with E-state index in [1.807, 2.05) is 0 Å². The molecule has 1 aliphatic rings. The van der Waals surface area contributed by atoms with E-state index in [4.69, 9.17) is 5.73 Å². The van der Waals surface area contributed by atoms with Crippen molar-refractivity contribution in [3.63, 3.8) is 0 Å². The maximum Gasteiger partial charge on any atom is 0.250 e. The Kier molecular flexibility index (Phi) is 5.38. The van der Waals surface area contributed by atoms with Gasteiger partial charge in [0.1, 0.15) is 0 Å². The summed E-state index contributed by atoms with van der Waals surface area (Å²) in [4.78, 5) is 23.8. The Labute approximate surface area is 135 Å². The summed E-state index contributed by atoms with van der Waals surface area (Å²) in [6, 6.07) is 6.48. The Morgan fingerprint density at radius 1 is 1.35 bits per heavy atom. The van der Waals surface area contributed by atoms with Crippen molar-refractivity contribution < 1.29 is 18.0 Å². The molecule has 1 aliphatic heterocycles. The van der Waals surface area contributed by atoms with Crippen LogP contribution in [0.25, 0.3) is 0 Å². The lowest BCUT2D eigenvalue weighted by Gasteiger charge is -2.31. The smallest absolute Gasteiger partial charge is 0.250 e. The van der Waals surface area contributed by atoms with Crippen LogP contribution in [0, 0.1) is 5.92 Å². The summed E-state index contributed by atoms with van der Waals surface area (Å²) >= 11 is 0. The molecule has 3 N–H and O–H groups in total. The number of amides is 2. The van der Waals surface area contributed by atoms with Gasteiger partial charge in [0.05, 0.1) is 22.9 Å². The van der Waals surface area contributed by atoms with Crippen LogP contribution in [-0.4, -0.2) is 43.4 Å². The lowest BCUT2D eigenvalue weighted by atomic mass is 9.98. The van der Waals surface area contributed by atoms with Gasteiger partial charge in [-0.25, -0.2) is 12.7 Å². The molecule has 1 heterocycles. The zero-order valence-electron chi connectivity index (χ0n) is 13.0. The van der Waals surface area contributed by atoms with Crippen molar-refractivity contribution >= 4 is 27.5 Å². The summed E-state index contributed by atoms with van der Waals surface area (Å²) in [7, 11) is -3.30. The summed E-state index contributed by atoms with van der Waals surface area (Å²) in [5, 5.41) is 2.69. The highest BCUT2D eigenvalue weighted by Crippen LogP contribution is 2.22. The normalized spacial score (nSPS) is 19.3. The number of rotatable bonds is 5. The van der Waals surface area contributed by atoms with Gasteiger partial charge in [0, 0.05) is 13.1 Å². The molecule has 0 saturated carbocycles. The van der Waals surface area contributed by atoms with E-state index in [2.05, 4.69) is 5.32 Å². The zero-order chi connectivity index (χ0) is 17.0. The van der Waals surface area contributed by atoms with Crippen molar-refractivity contribution in [2.75, 3.05) is 24.2 Å². The van der Waals surface area contributed by atoms with E-state index in [-0.39, 0.29) is 23.8 Å². The maximum absolute atomic E-state index is 12.4. The van der Waals surface area contributed by atoms with Gasteiger partial charge in [-0.1, -0.05) is 12.1 Å². The molecule has 0 spiro atoms. The minimum atomic E-state index is -3.30. The van der Waals surface area contributed by atoms with Gasteiger partial charge in [-0.15, -0.1) is 0 Å². The van der Waals surface area contributed by atoms with E-state index < -0.39 is 21.8 Å². The fourth-order valence-corrected chi connectivity index (χ4v) is 3.81. The van der Waals surface area contributed by atoms with E-state index in [1.165, 1.54) is 10.4 Å². The number of sulfonamides is 1.